The molecule has 0 atom stereocenters. The summed E-state index contributed by atoms with van der Waals surface area (Å²) >= 11 is 1.07. The van der Waals surface area contributed by atoms with E-state index in [4.69, 9.17) is 4.74 Å². The van der Waals surface area contributed by atoms with E-state index < -0.39 is 27.7 Å². The first-order chi connectivity index (χ1) is 17.4. The number of ether oxygens (including phenoxy) is 1. The van der Waals surface area contributed by atoms with E-state index in [9.17, 15) is 22.4 Å². The molecule has 0 aliphatic carbocycles. The minimum atomic E-state index is -3.74. The van der Waals surface area contributed by atoms with Gasteiger partial charge < -0.3 is 9.30 Å². The summed E-state index contributed by atoms with van der Waals surface area (Å²) in [6.45, 7) is 10.3. The average Bonchev–Trinajstić information content (AvgIpc) is 3.13. The number of carbonyl (C=O) groups is 2. The van der Waals surface area contributed by atoms with E-state index in [2.05, 4.69) is 4.99 Å². The third kappa shape index (κ3) is 7.12. The first kappa shape index (κ1) is 28.7. The lowest BCUT2D eigenvalue weighted by Crippen LogP contribution is -2.37. The number of fused-ring (bicyclic) bond motifs is 1. The Morgan fingerprint density at radius 2 is 1.68 bits per heavy atom. The summed E-state index contributed by atoms with van der Waals surface area (Å²) in [7, 11) is -3.74. The van der Waals surface area contributed by atoms with Crippen molar-refractivity contribution in [1.82, 2.24) is 8.87 Å². The maximum atomic E-state index is 13.8. The number of sulfonamides is 1. The summed E-state index contributed by atoms with van der Waals surface area (Å²) in [6.07, 6.45) is 0. The van der Waals surface area contributed by atoms with Gasteiger partial charge in [0, 0.05) is 18.7 Å². The highest BCUT2D eigenvalue weighted by atomic mass is 32.2. The fourth-order valence-corrected chi connectivity index (χ4v) is 6.60. The van der Waals surface area contributed by atoms with Crippen molar-refractivity contribution in [1.29, 1.82) is 0 Å². The molecule has 0 saturated carbocycles. The van der Waals surface area contributed by atoms with Crippen LogP contribution in [0.5, 0.6) is 0 Å². The van der Waals surface area contributed by atoms with Gasteiger partial charge in [-0.25, -0.2) is 12.8 Å². The Bertz CT molecular complexity index is 1430. The number of nitrogens with zero attached hydrogens (tertiary/aromatic N) is 3. The quantitative estimate of drug-likeness (QED) is 0.348. The van der Waals surface area contributed by atoms with E-state index in [0.717, 1.165) is 11.3 Å². The lowest BCUT2D eigenvalue weighted by atomic mass is 10.2. The van der Waals surface area contributed by atoms with Crippen molar-refractivity contribution in [3.8, 4) is 0 Å². The van der Waals surface area contributed by atoms with E-state index in [1.807, 2.05) is 27.7 Å². The van der Waals surface area contributed by atoms with Crippen molar-refractivity contribution in [3.05, 3.63) is 58.6 Å². The monoisotopic (exact) mass is 549 g/mol. The Balaban J connectivity index is 1.96. The number of hydrogen-bond donors (Lipinski definition) is 0. The van der Waals surface area contributed by atoms with Crippen LogP contribution in [0, 0.1) is 17.7 Å². The molecular formula is C26H32FN3O5S2. The van der Waals surface area contributed by atoms with Crippen molar-refractivity contribution in [2.45, 2.75) is 46.1 Å². The average molecular weight is 550 g/mol. The number of halogens is 1. The number of esters is 1. The van der Waals surface area contributed by atoms with Crippen LogP contribution in [0.4, 0.5) is 4.39 Å². The topological polar surface area (TPSA) is 98.0 Å². The first-order valence-corrected chi connectivity index (χ1v) is 14.3. The van der Waals surface area contributed by atoms with Crippen molar-refractivity contribution in [2.24, 2.45) is 16.8 Å². The maximum Gasteiger partial charge on any atom is 0.326 e. The molecule has 0 spiro atoms. The second-order valence-electron chi connectivity index (χ2n) is 9.44. The van der Waals surface area contributed by atoms with Crippen LogP contribution in [0.2, 0.25) is 0 Å². The number of hydrogen-bond acceptors (Lipinski definition) is 6. The fourth-order valence-electron chi connectivity index (χ4n) is 3.78. The lowest BCUT2D eigenvalue weighted by molar-refractivity contribution is -0.143. The molecule has 3 aromatic rings. The molecule has 0 radical (unpaired) electrons. The number of rotatable bonds is 10. The number of benzene rings is 2. The van der Waals surface area contributed by atoms with Crippen LogP contribution < -0.4 is 4.80 Å². The Morgan fingerprint density at radius 1 is 1.05 bits per heavy atom. The SMILES string of the molecule is CCOC(=O)Cn1c(=NC(=O)c2ccc(S(=O)(=O)N(CC(C)C)CC(C)C)cc2)sc2cc(F)ccc21. The Hall–Kier alpha value is -2.89. The van der Waals surface area contributed by atoms with E-state index in [1.54, 1.807) is 6.92 Å². The molecule has 0 aliphatic rings. The van der Waals surface area contributed by atoms with Gasteiger partial charge in [-0.3, -0.25) is 9.59 Å². The van der Waals surface area contributed by atoms with E-state index in [1.165, 1.54) is 51.3 Å². The minimum Gasteiger partial charge on any atom is -0.465 e. The molecule has 8 nitrogen and oxygen atoms in total. The predicted octanol–water partition coefficient (Wildman–Crippen LogP) is 4.45. The van der Waals surface area contributed by atoms with Gasteiger partial charge in [-0.2, -0.15) is 9.30 Å². The minimum absolute atomic E-state index is 0.0973. The molecule has 0 fully saturated rings. The summed E-state index contributed by atoms with van der Waals surface area (Å²) in [4.78, 5) is 29.6. The largest absolute Gasteiger partial charge is 0.465 e. The zero-order chi connectivity index (χ0) is 27.3. The van der Waals surface area contributed by atoms with Crippen LogP contribution in [0.1, 0.15) is 45.0 Å². The maximum absolute atomic E-state index is 13.8. The van der Waals surface area contributed by atoms with Gasteiger partial charge in [-0.05, 0) is 61.2 Å². The van der Waals surface area contributed by atoms with Crippen LogP contribution in [-0.2, 0) is 26.1 Å². The first-order valence-electron chi connectivity index (χ1n) is 12.1. The van der Waals surface area contributed by atoms with Crippen LogP contribution in [0.25, 0.3) is 10.2 Å². The van der Waals surface area contributed by atoms with Gasteiger partial charge in [0.2, 0.25) is 10.0 Å². The Kier molecular flexibility index (Phi) is 9.38. The van der Waals surface area contributed by atoms with E-state index in [-0.39, 0.29) is 40.2 Å². The Labute approximate surface area is 220 Å². The summed E-state index contributed by atoms with van der Waals surface area (Å²) < 4.78 is 48.8. The second-order valence-corrected chi connectivity index (χ2v) is 12.4. The molecule has 11 heteroatoms. The molecule has 3 rings (SSSR count). The summed E-state index contributed by atoms with van der Waals surface area (Å²) in [6, 6.07) is 9.74. The van der Waals surface area contributed by atoms with E-state index >= 15 is 0 Å². The molecule has 1 aromatic heterocycles. The smallest absolute Gasteiger partial charge is 0.326 e. The highest BCUT2D eigenvalue weighted by Crippen LogP contribution is 2.21. The number of aromatic nitrogens is 1. The van der Waals surface area contributed by atoms with Gasteiger partial charge in [0.25, 0.3) is 5.91 Å². The zero-order valence-corrected chi connectivity index (χ0v) is 23.2. The molecule has 0 N–H and O–H groups in total. The molecule has 37 heavy (non-hydrogen) atoms. The third-order valence-corrected chi connectivity index (χ3v) is 8.20. The third-order valence-electron chi connectivity index (χ3n) is 5.31. The summed E-state index contributed by atoms with van der Waals surface area (Å²) in [5.41, 5.74) is 0.729. The normalized spacial score (nSPS) is 12.7. The van der Waals surface area contributed by atoms with Gasteiger partial charge in [0.15, 0.2) is 4.80 Å². The van der Waals surface area contributed by atoms with Crippen molar-refractivity contribution in [2.75, 3.05) is 19.7 Å². The number of thiazole rings is 1. The molecule has 0 saturated heterocycles. The van der Waals surface area contributed by atoms with Crippen LogP contribution >= 0.6 is 11.3 Å². The van der Waals surface area contributed by atoms with Crippen LogP contribution in [0.3, 0.4) is 0 Å². The number of carbonyl (C=O) groups excluding carboxylic acids is 2. The highest BCUT2D eigenvalue weighted by Gasteiger charge is 2.26. The van der Waals surface area contributed by atoms with Crippen LogP contribution in [0.15, 0.2) is 52.4 Å². The highest BCUT2D eigenvalue weighted by molar-refractivity contribution is 7.89. The summed E-state index contributed by atoms with van der Waals surface area (Å²) in [5.74, 6) is -1.26. The fraction of sp³-hybridized carbons (Fsp3) is 0.423. The van der Waals surface area contributed by atoms with Gasteiger partial charge >= 0.3 is 5.97 Å². The van der Waals surface area contributed by atoms with Crippen molar-refractivity contribution in [3.63, 3.8) is 0 Å². The molecular weight excluding hydrogens is 517 g/mol. The van der Waals surface area contributed by atoms with Gasteiger partial charge in [0.1, 0.15) is 12.4 Å². The molecule has 1 heterocycles. The molecule has 0 bridgehead atoms. The Morgan fingerprint density at radius 3 is 2.24 bits per heavy atom. The number of amides is 1. The van der Waals surface area contributed by atoms with E-state index in [0.29, 0.717) is 23.3 Å². The molecule has 2 aromatic carbocycles. The zero-order valence-electron chi connectivity index (χ0n) is 21.6. The summed E-state index contributed by atoms with van der Waals surface area (Å²) in [5, 5.41) is 0. The van der Waals surface area contributed by atoms with Gasteiger partial charge in [0.05, 0.1) is 21.7 Å². The molecule has 200 valence electrons. The lowest BCUT2D eigenvalue weighted by Gasteiger charge is -2.25. The van der Waals surface area contributed by atoms with Gasteiger partial charge in [-0.1, -0.05) is 39.0 Å². The van der Waals surface area contributed by atoms with Crippen LogP contribution in [-0.4, -0.2) is 48.9 Å². The molecule has 0 unspecified atom stereocenters. The standard InChI is InChI=1S/C26H32FN3O5S2/c1-6-35-24(31)16-30-22-12-9-20(27)13-23(22)36-26(30)28-25(32)19-7-10-21(11-8-19)37(33,34)29(14-17(2)3)15-18(4)5/h7-13,17-18H,6,14-16H2,1-5H3. The van der Waals surface area contributed by atoms with Gasteiger partial charge in [-0.15, -0.1) is 0 Å². The molecule has 0 aliphatic heterocycles. The second kappa shape index (κ2) is 12.1. The van der Waals surface area contributed by atoms with Crippen molar-refractivity contribution < 1.29 is 27.1 Å². The van der Waals surface area contributed by atoms with Crippen molar-refractivity contribution >= 4 is 43.5 Å². The molecule has 1 amide bonds. The predicted molar refractivity (Wildman–Crippen MR) is 141 cm³/mol.